The van der Waals surface area contributed by atoms with Gasteiger partial charge in [-0.05, 0) is 43.7 Å². The van der Waals surface area contributed by atoms with Crippen LogP contribution in [0.15, 0.2) is 70.4 Å². The van der Waals surface area contributed by atoms with E-state index >= 15 is 0 Å². The molecule has 0 N–H and O–H groups in total. The van der Waals surface area contributed by atoms with Crippen LogP contribution in [-0.2, 0) is 22.6 Å². The zero-order valence-electron chi connectivity index (χ0n) is 17.5. The molecule has 1 aromatic heterocycles. The second-order valence-corrected chi connectivity index (χ2v) is 8.34. The Morgan fingerprint density at radius 2 is 1.86 bits per heavy atom. The molecule has 1 fully saturated rings. The molecule has 28 heavy (non-hydrogen) atoms. The predicted octanol–water partition coefficient (Wildman–Crippen LogP) is 6.10. The summed E-state index contributed by atoms with van der Waals surface area (Å²) in [6.07, 6.45) is 6.74. The normalized spacial score (nSPS) is 21.5. The number of carbonyl (C=O) groups is 1. The summed E-state index contributed by atoms with van der Waals surface area (Å²) < 4.78 is 11.2. The number of benzene rings is 1. The Hall–Kier alpha value is -2.55. The van der Waals surface area contributed by atoms with Crippen molar-refractivity contribution in [1.29, 1.82) is 0 Å². The van der Waals surface area contributed by atoms with Gasteiger partial charge in [0.2, 0.25) is 0 Å². The molecule has 0 spiro atoms. The molecule has 1 saturated carbocycles. The van der Waals surface area contributed by atoms with Gasteiger partial charge in [0, 0.05) is 12.0 Å². The summed E-state index contributed by atoms with van der Waals surface area (Å²) in [6, 6.07) is 12.1. The van der Waals surface area contributed by atoms with Gasteiger partial charge in [-0.25, -0.2) is 0 Å². The Balaban J connectivity index is 1.56. The molecule has 2 unspecified atom stereocenters. The summed E-state index contributed by atoms with van der Waals surface area (Å²) in [5.74, 6) is 0.904. The molecule has 1 aliphatic rings. The minimum Gasteiger partial charge on any atom is -0.469 e. The molecule has 3 rings (SSSR count). The lowest BCUT2D eigenvalue weighted by atomic mass is 10.0. The topological polar surface area (TPSA) is 39.4 Å². The van der Waals surface area contributed by atoms with Crippen LogP contribution in [0.2, 0.25) is 0 Å². The number of ether oxygens (including phenoxy) is 1. The van der Waals surface area contributed by atoms with Crippen molar-refractivity contribution < 1.29 is 13.9 Å². The van der Waals surface area contributed by atoms with Crippen LogP contribution in [0.3, 0.4) is 0 Å². The Bertz CT molecular complexity index is 884. The van der Waals surface area contributed by atoms with Crippen molar-refractivity contribution in [2.75, 3.05) is 0 Å². The summed E-state index contributed by atoms with van der Waals surface area (Å²) in [5, 5.41) is 0. The van der Waals surface area contributed by atoms with E-state index in [1.807, 2.05) is 31.2 Å². The average Bonchev–Trinajstić information content (AvgIpc) is 3.00. The first-order chi connectivity index (χ1) is 13.3. The van der Waals surface area contributed by atoms with Gasteiger partial charge in [-0.15, -0.1) is 0 Å². The van der Waals surface area contributed by atoms with Crippen molar-refractivity contribution in [1.82, 2.24) is 0 Å². The standard InChI is InChI=1S/C25H30O3/c1-6-17(2)18(3)12-22-23(25(22,4)5)24(26)28-16-20-14-21(27-15-20)13-19-10-8-7-9-11-19/h6-12,14-15,22-23H,13,16H2,1-5H3. The number of hydrogen-bond acceptors (Lipinski definition) is 3. The molecular weight excluding hydrogens is 348 g/mol. The van der Waals surface area contributed by atoms with Crippen LogP contribution in [-0.4, -0.2) is 5.97 Å². The maximum absolute atomic E-state index is 12.6. The molecule has 2 aromatic rings. The highest BCUT2D eigenvalue weighted by atomic mass is 16.5. The minimum absolute atomic E-state index is 0.0543. The van der Waals surface area contributed by atoms with Gasteiger partial charge >= 0.3 is 5.97 Å². The molecule has 0 aliphatic heterocycles. The molecule has 1 aromatic carbocycles. The third kappa shape index (κ3) is 4.46. The van der Waals surface area contributed by atoms with Gasteiger partial charge < -0.3 is 9.15 Å². The zero-order chi connectivity index (χ0) is 20.3. The molecule has 0 amide bonds. The summed E-state index contributed by atoms with van der Waals surface area (Å²) in [5.41, 5.74) is 4.52. The van der Waals surface area contributed by atoms with Gasteiger partial charge in [0.1, 0.15) is 12.4 Å². The fraction of sp³-hybridized carbons (Fsp3) is 0.400. The molecule has 0 radical (unpaired) electrons. The van der Waals surface area contributed by atoms with Gasteiger partial charge in [0.25, 0.3) is 0 Å². The van der Waals surface area contributed by atoms with E-state index in [0.717, 1.165) is 17.7 Å². The number of allylic oxidation sites excluding steroid dienone is 4. The number of furan rings is 1. The van der Waals surface area contributed by atoms with Crippen LogP contribution in [0.4, 0.5) is 0 Å². The Labute approximate surface area is 168 Å². The molecular formula is C25H30O3. The molecule has 1 heterocycles. The van der Waals surface area contributed by atoms with Crippen molar-refractivity contribution in [3.05, 3.63) is 82.8 Å². The fourth-order valence-electron chi connectivity index (χ4n) is 3.70. The second-order valence-electron chi connectivity index (χ2n) is 8.34. The van der Waals surface area contributed by atoms with Crippen molar-refractivity contribution in [2.24, 2.45) is 17.3 Å². The van der Waals surface area contributed by atoms with Crippen LogP contribution in [0.5, 0.6) is 0 Å². The highest BCUT2D eigenvalue weighted by Crippen LogP contribution is 2.60. The van der Waals surface area contributed by atoms with Crippen LogP contribution in [0.25, 0.3) is 0 Å². The van der Waals surface area contributed by atoms with Crippen molar-refractivity contribution >= 4 is 5.97 Å². The molecule has 3 heteroatoms. The summed E-state index contributed by atoms with van der Waals surface area (Å²) in [7, 11) is 0. The van der Waals surface area contributed by atoms with E-state index in [9.17, 15) is 4.79 Å². The Kier molecular flexibility index (Phi) is 5.93. The Morgan fingerprint density at radius 3 is 2.54 bits per heavy atom. The lowest BCUT2D eigenvalue weighted by Gasteiger charge is -2.03. The number of esters is 1. The molecule has 0 saturated heterocycles. The quantitative estimate of drug-likeness (QED) is 0.432. The maximum atomic E-state index is 12.6. The largest absolute Gasteiger partial charge is 0.469 e. The van der Waals surface area contributed by atoms with E-state index in [4.69, 9.17) is 9.15 Å². The van der Waals surface area contributed by atoms with Crippen molar-refractivity contribution in [3.8, 4) is 0 Å². The smallest absolute Gasteiger partial charge is 0.310 e. The molecule has 1 aliphatic carbocycles. The Morgan fingerprint density at radius 1 is 1.14 bits per heavy atom. The SMILES string of the molecule is CC=C(C)C(C)=CC1C(C(=O)OCc2coc(Cc3ccccc3)c2)C1(C)C. The lowest BCUT2D eigenvalue weighted by molar-refractivity contribution is -0.147. The van der Waals surface area contributed by atoms with Crippen LogP contribution in [0.1, 0.15) is 51.5 Å². The predicted molar refractivity (Wildman–Crippen MR) is 112 cm³/mol. The van der Waals surface area contributed by atoms with E-state index in [2.05, 4.69) is 52.0 Å². The van der Waals surface area contributed by atoms with E-state index < -0.39 is 0 Å². The zero-order valence-corrected chi connectivity index (χ0v) is 17.5. The van der Waals surface area contributed by atoms with Gasteiger partial charge in [0.05, 0.1) is 12.2 Å². The van der Waals surface area contributed by atoms with E-state index in [1.165, 1.54) is 16.7 Å². The van der Waals surface area contributed by atoms with Crippen LogP contribution < -0.4 is 0 Å². The van der Waals surface area contributed by atoms with Crippen LogP contribution in [0, 0.1) is 17.3 Å². The monoisotopic (exact) mass is 378 g/mol. The molecule has 2 atom stereocenters. The number of carbonyl (C=O) groups excluding carboxylic acids is 1. The highest BCUT2D eigenvalue weighted by Gasteiger charge is 2.61. The average molecular weight is 379 g/mol. The molecule has 0 bridgehead atoms. The van der Waals surface area contributed by atoms with Crippen molar-refractivity contribution in [3.63, 3.8) is 0 Å². The highest BCUT2D eigenvalue weighted by molar-refractivity contribution is 5.78. The van der Waals surface area contributed by atoms with Gasteiger partial charge in [-0.3, -0.25) is 4.79 Å². The van der Waals surface area contributed by atoms with E-state index in [-0.39, 0.29) is 29.8 Å². The second kappa shape index (κ2) is 8.22. The van der Waals surface area contributed by atoms with Crippen molar-refractivity contribution in [2.45, 2.75) is 47.6 Å². The third-order valence-electron chi connectivity index (χ3n) is 5.96. The third-order valence-corrected chi connectivity index (χ3v) is 5.96. The lowest BCUT2D eigenvalue weighted by Crippen LogP contribution is -2.10. The number of rotatable bonds is 7. The van der Waals surface area contributed by atoms with Gasteiger partial charge in [-0.1, -0.05) is 67.5 Å². The first-order valence-electron chi connectivity index (χ1n) is 9.91. The van der Waals surface area contributed by atoms with Gasteiger partial charge in [0.15, 0.2) is 0 Å². The van der Waals surface area contributed by atoms with Crippen LogP contribution >= 0.6 is 0 Å². The summed E-state index contributed by atoms with van der Waals surface area (Å²) in [6.45, 7) is 10.8. The minimum atomic E-state index is -0.122. The maximum Gasteiger partial charge on any atom is 0.310 e. The molecule has 3 nitrogen and oxygen atoms in total. The fourth-order valence-corrected chi connectivity index (χ4v) is 3.70. The first-order valence-corrected chi connectivity index (χ1v) is 9.91. The number of hydrogen-bond donors (Lipinski definition) is 0. The first kappa shape index (κ1) is 20.2. The van der Waals surface area contributed by atoms with Gasteiger partial charge in [-0.2, -0.15) is 0 Å². The molecule has 148 valence electrons. The summed E-state index contributed by atoms with van der Waals surface area (Å²) >= 11 is 0. The van der Waals surface area contributed by atoms with E-state index in [1.54, 1.807) is 6.26 Å². The summed E-state index contributed by atoms with van der Waals surface area (Å²) in [4.78, 5) is 12.6. The van der Waals surface area contributed by atoms with E-state index in [0.29, 0.717) is 0 Å².